The van der Waals surface area contributed by atoms with Gasteiger partial charge in [-0.05, 0) is 50.8 Å². The molecule has 138 valence electrons. The van der Waals surface area contributed by atoms with E-state index in [1.807, 2.05) is 36.5 Å². The van der Waals surface area contributed by atoms with Crippen LogP contribution in [0.5, 0.6) is 5.75 Å². The number of aromatic nitrogens is 1. The number of rotatable bonds is 7. The molecule has 0 spiro atoms. The highest BCUT2D eigenvalue weighted by Crippen LogP contribution is 2.26. The molecule has 0 bridgehead atoms. The summed E-state index contributed by atoms with van der Waals surface area (Å²) in [6.07, 6.45) is 3.66. The summed E-state index contributed by atoms with van der Waals surface area (Å²) >= 11 is 3.59. The SMILES string of the molecule is Brc1cc(CNCc2cccnc2)ccc1OCc1ccccc1.Cl.Cl. The van der Waals surface area contributed by atoms with Gasteiger partial charge in [-0.3, -0.25) is 4.98 Å². The Bertz CT molecular complexity index is 773. The maximum Gasteiger partial charge on any atom is 0.134 e. The molecule has 3 nitrogen and oxygen atoms in total. The highest BCUT2D eigenvalue weighted by molar-refractivity contribution is 9.10. The third-order valence-corrected chi connectivity index (χ3v) is 4.23. The second kappa shape index (κ2) is 11.9. The molecule has 1 heterocycles. The first-order valence-electron chi connectivity index (χ1n) is 7.86. The smallest absolute Gasteiger partial charge is 0.134 e. The van der Waals surface area contributed by atoms with Crippen molar-refractivity contribution in [1.29, 1.82) is 0 Å². The van der Waals surface area contributed by atoms with E-state index in [-0.39, 0.29) is 24.8 Å². The molecule has 0 saturated heterocycles. The van der Waals surface area contributed by atoms with Crippen molar-refractivity contribution in [3.8, 4) is 5.75 Å². The van der Waals surface area contributed by atoms with Crippen LogP contribution in [0.25, 0.3) is 0 Å². The second-order valence-corrected chi connectivity index (χ2v) is 6.36. The van der Waals surface area contributed by atoms with E-state index >= 15 is 0 Å². The minimum Gasteiger partial charge on any atom is -0.488 e. The van der Waals surface area contributed by atoms with Crippen molar-refractivity contribution in [2.75, 3.05) is 0 Å². The lowest BCUT2D eigenvalue weighted by Crippen LogP contribution is -2.12. The van der Waals surface area contributed by atoms with Crippen molar-refractivity contribution in [1.82, 2.24) is 10.3 Å². The number of benzene rings is 2. The van der Waals surface area contributed by atoms with Gasteiger partial charge in [-0.1, -0.05) is 42.5 Å². The van der Waals surface area contributed by atoms with Crippen molar-refractivity contribution in [3.63, 3.8) is 0 Å². The normalized spacial score (nSPS) is 9.73. The summed E-state index contributed by atoms with van der Waals surface area (Å²) < 4.78 is 6.85. The van der Waals surface area contributed by atoms with Gasteiger partial charge < -0.3 is 10.1 Å². The fraction of sp³-hybridized carbons (Fsp3) is 0.150. The van der Waals surface area contributed by atoms with Gasteiger partial charge in [-0.2, -0.15) is 0 Å². The first-order chi connectivity index (χ1) is 11.8. The van der Waals surface area contributed by atoms with Crippen molar-refractivity contribution < 1.29 is 4.74 Å². The Labute approximate surface area is 175 Å². The number of ether oxygens (including phenoxy) is 1. The lowest BCUT2D eigenvalue weighted by molar-refractivity contribution is 0.304. The molecule has 6 heteroatoms. The third-order valence-electron chi connectivity index (χ3n) is 3.61. The minimum absolute atomic E-state index is 0. The van der Waals surface area contributed by atoms with E-state index in [9.17, 15) is 0 Å². The minimum atomic E-state index is 0. The van der Waals surface area contributed by atoms with Gasteiger partial charge >= 0.3 is 0 Å². The Morgan fingerprint density at radius 2 is 1.58 bits per heavy atom. The number of pyridine rings is 1. The van der Waals surface area contributed by atoms with Crippen LogP contribution < -0.4 is 10.1 Å². The number of halogens is 3. The average Bonchev–Trinajstić information content (AvgIpc) is 2.63. The molecule has 0 aliphatic carbocycles. The van der Waals surface area contributed by atoms with Gasteiger partial charge in [0.05, 0.1) is 4.47 Å². The fourth-order valence-electron chi connectivity index (χ4n) is 2.36. The van der Waals surface area contributed by atoms with Crippen LogP contribution in [0.1, 0.15) is 16.7 Å². The van der Waals surface area contributed by atoms with Gasteiger partial charge in [0.25, 0.3) is 0 Å². The predicted octanol–water partition coefficient (Wildman–Crippen LogP) is 5.56. The van der Waals surface area contributed by atoms with E-state index in [1.54, 1.807) is 6.20 Å². The first kappa shape index (κ1) is 22.5. The number of hydrogen-bond donors (Lipinski definition) is 1. The van der Waals surface area contributed by atoms with Crippen molar-refractivity contribution in [2.24, 2.45) is 0 Å². The molecule has 3 rings (SSSR count). The van der Waals surface area contributed by atoms with Crippen LogP contribution in [-0.2, 0) is 19.7 Å². The van der Waals surface area contributed by atoms with Crippen LogP contribution in [0.3, 0.4) is 0 Å². The van der Waals surface area contributed by atoms with Crippen molar-refractivity contribution >= 4 is 40.7 Å². The topological polar surface area (TPSA) is 34.2 Å². The van der Waals surface area contributed by atoms with Crippen LogP contribution >= 0.6 is 40.7 Å². The Balaban J connectivity index is 0.00000169. The fourth-order valence-corrected chi connectivity index (χ4v) is 2.90. The summed E-state index contributed by atoms with van der Waals surface area (Å²) in [5.41, 5.74) is 3.55. The highest BCUT2D eigenvalue weighted by Gasteiger charge is 2.03. The largest absolute Gasteiger partial charge is 0.488 e. The molecule has 0 amide bonds. The maximum atomic E-state index is 5.88. The van der Waals surface area contributed by atoms with E-state index in [0.29, 0.717) is 6.61 Å². The molecule has 3 aromatic rings. The van der Waals surface area contributed by atoms with E-state index in [2.05, 4.69) is 56.6 Å². The number of nitrogens with zero attached hydrogens (tertiary/aromatic N) is 1. The van der Waals surface area contributed by atoms with Gasteiger partial charge in [0.15, 0.2) is 0 Å². The van der Waals surface area contributed by atoms with Crippen LogP contribution in [0.15, 0.2) is 77.5 Å². The monoisotopic (exact) mass is 454 g/mol. The molecule has 0 saturated carbocycles. The van der Waals surface area contributed by atoms with Crippen molar-refractivity contribution in [3.05, 3.63) is 94.2 Å². The van der Waals surface area contributed by atoms with E-state index in [0.717, 1.165) is 28.9 Å². The molecule has 1 N–H and O–H groups in total. The molecule has 2 aromatic carbocycles. The zero-order chi connectivity index (χ0) is 16.6. The number of hydrogen-bond acceptors (Lipinski definition) is 3. The van der Waals surface area contributed by atoms with Gasteiger partial charge in [0.2, 0.25) is 0 Å². The van der Waals surface area contributed by atoms with Crippen LogP contribution in [0.4, 0.5) is 0 Å². The summed E-state index contributed by atoms with van der Waals surface area (Å²) in [5.74, 6) is 0.856. The van der Waals surface area contributed by atoms with E-state index in [4.69, 9.17) is 4.74 Å². The van der Waals surface area contributed by atoms with Gasteiger partial charge in [0, 0.05) is 25.5 Å². The zero-order valence-corrected chi connectivity index (χ0v) is 17.3. The summed E-state index contributed by atoms with van der Waals surface area (Å²) in [5, 5.41) is 3.42. The van der Waals surface area contributed by atoms with Gasteiger partial charge in [-0.15, -0.1) is 24.8 Å². The molecule has 0 atom stereocenters. The van der Waals surface area contributed by atoms with Crippen LogP contribution in [0, 0.1) is 0 Å². The lowest BCUT2D eigenvalue weighted by atomic mass is 10.2. The van der Waals surface area contributed by atoms with Gasteiger partial charge in [0.1, 0.15) is 12.4 Å². The molecule has 0 unspecified atom stereocenters. The summed E-state index contributed by atoms with van der Waals surface area (Å²) in [6.45, 7) is 2.17. The second-order valence-electron chi connectivity index (χ2n) is 5.50. The standard InChI is InChI=1S/C20H19BrN2O.2ClH/c21-19-11-17(12-23-14-18-7-4-10-22-13-18)8-9-20(19)24-15-16-5-2-1-3-6-16;;/h1-11,13,23H,12,14-15H2;2*1H. The van der Waals surface area contributed by atoms with Crippen LogP contribution in [-0.4, -0.2) is 4.98 Å². The molecule has 0 aliphatic rings. The summed E-state index contributed by atoms with van der Waals surface area (Å²) in [7, 11) is 0. The lowest BCUT2D eigenvalue weighted by Gasteiger charge is -2.10. The Kier molecular flexibility index (Phi) is 10.3. The van der Waals surface area contributed by atoms with E-state index in [1.165, 1.54) is 11.1 Å². The quantitative estimate of drug-likeness (QED) is 0.506. The third kappa shape index (κ3) is 6.96. The molecular weight excluding hydrogens is 435 g/mol. The molecule has 0 fully saturated rings. The average molecular weight is 456 g/mol. The Morgan fingerprint density at radius 3 is 2.27 bits per heavy atom. The van der Waals surface area contributed by atoms with Crippen molar-refractivity contribution in [2.45, 2.75) is 19.7 Å². The van der Waals surface area contributed by atoms with E-state index < -0.39 is 0 Å². The maximum absolute atomic E-state index is 5.88. The Morgan fingerprint density at radius 1 is 0.846 bits per heavy atom. The predicted molar refractivity (Wildman–Crippen MR) is 114 cm³/mol. The first-order valence-corrected chi connectivity index (χ1v) is 8.65. The highest BCUT2D eigenvalue weighted by atomic mass is 79.9. The molecule has 26 heavy (non-hydrogen) atoms. The summed E-state index contributed by atoms with van der Waals surface area (Å²) in [6, 6.07) is 20.4. The molecule has 0 aliphatic heterocycles. The summed E-state index contributed by atoms with van der Waals surface area (Å²) in [4.78, 5) is 4.12. The number of nitrogens with one attached hydrogen (secondary N) is 1. The molecular formula is C20H21BrCl2N2O. The van der Waals surface area contributed by atoms with Gasteiger partial charge in [-0.25, -0.2) is 0 Å². The zero-order valence-electron chi connectivity index (χ0n) is 14.1. The molecule has 1 aromatic heterocycles. The molecule has 0 radical (unpaired) electrons. The van der Waals surface area contributed by atoms with Crippen LogP contribution in [0.2, 0.25) is 0 Å². The Hall–Kier alpha value is -1.59.